The second-order valence-electron chi connectivity index (χ2n) is 7.92. The molecule has 1 aliphatic rings. The van der Waals surface area contributed by atoms with Gasteiger partial charge in [0.15, 0.2) is 16.3 Å². The number of carbonyl (C=O) groups is 1. The molecule has 0 saturated carbocycles. The standard InChI is InChI=1S/C27H28N2O6S/c1-6-34-21-15-18(10-13-20(21)33-5)24-23(26(31)35-7-2)16(3)28-27-29(24)25(30)22(36-27)14-17-8-11-19(32-4)12-9-17/h8-15,24H,6-7H2,1-5H3/b22-14-/t24-/m0/s1. The van der Waals surface area contributed by atoms with Crippen molar-refractivity contribution in [1.82, 2.24) is 4.57 Å². The summed E-state index contributed by atoms with van der Waals surface area (Å²) in [5, 5.41) is 0. The molecule has 0 bridgehead atoms. The van der Waals surface area contributed by atoms with Crippen LogP contribution in [0.5, 0.6) is 17.2 Å². The van der Waals surface area contributed by atoms with E-state index >= 15 is 0 Å². The molecule has 1 aliphatic heterocycles. The van der Waals surface area contributed by atoms with Crippen LogP contribution in [0.4, 0.5) is 0 Å². The van der Waals surface area contributed by atoms with E-state index in [1.54, 1.807) is 44.8 Å². The van der Waals surface area contributed by atoms with Gasteiger partial charge in [0.2, 0.25) is 0 Å². The Morgan fingerprint density at radius 3 is 2.44 bits per heavy atom. The van der Waals surface area contributed by atoms with Gasteiger partial charge in [-0.25, -0.2) is 9.79 Å². The maximum Gasteiger partial charge on any atom is 0.338 e. The molecule has 0 spiro atoms. The Balaban J connectivity index is 1.93. The molecule has 0 aliphatic carbocycles. The fourth-order valence-corrected chi connectivity index (χ4v) is 5.14. The molecule has 0 fully saturated rings. The van der Waals surface area contributed by atoms with Crippen LogP contribution in [0.1, 0.15) is 37.9 Å². The largest absolute Gasteiger partial charge is 0.497 e. The van der Waals surface area contributed by atoms with Crippen LogP contribution >= 0.6 is 11.3 Å². The summed E-state index contributed by atoms with van der Waals surface area (Å²) in [4.78, 5) is 31.9. The molecule has 2 aromatic carbocycles. The van der Waals surface area contributed by atoms with Crippen LogP contribution in [0, 0.1) is 0 Å². The first-order valence-electron chi connectivity index (χ1n) is 11.6. The van der Waals surface area contributed by atoms with E-state index in [1.807, 2.05) is 43.3 Å². The number of carbonyl (C=O) groups excluding carboxylic acids is 1. The van der Waals surface area contributed by atoms with E-state index in [4.69, 9.17) is 18.9 Å². The van der Waals surface area contributed by atoms with Crippen molar-refractivity contribution in [2.75, 3.05) is 27.4 Å². The number of thiazole rings is 1. The van der Waals surface area contributed by atoms with Gasteiger partial charge in [0.05, 0.1) is 49.3 Å². The number of hydrogen-bond acceptors (Lipinski definition) is 8. The number of rotatable bonds is 8. The summed E-state index contributed by atoms with van der Waals surface area (Å²) in [6, 6.07) is 12.1. The number of benzene rings is 2. The lowest BCUT2D eigenvalue weighted by atomic mass is 9.95. The minimum absolute atomic E-state index is 0.205. The highest BCUT2D eigenvalue weighted by Gasteiger charge is 2.33. The van der Waals surface area contributed by atoms with Crippen molar-refractivity contribution >= 4 is 23.4 Å². The molecule has 1 atom stereocenters. The van der Waals surface area contributed by atoms with Gasteiger partial charge in [0, 0.05) is 0 Å². The van der Waals surface area contributed by atoms with Gasteiger partial charge >= 0.3 is 5.97 Å². The van der Waals surface area contributed by atoms with Crippen molar-refractivity contribution in [2.45, 2.75) is 26.8 Å². The van der Waals surface area contributed by atoms with Crippen LogP contribution in [0.15, 0.2) is 63.5 Å². The monoisotopic (exact) mass is 508 g/mol. The molecule has 8 nitrogen and oxygen atoms in total. The predicted molar refractivity (Wildman–Crippen MR) is 138 cm³/mol. The van der Waals surface area contributed by atoms with Crippen LogP contribution in [0.2, 0.25) is 0 Å². The second-order valence-corrected chi connectivity index (χ2v) is 8.93. The molecule has 2 heterocycles. The molecule has 1 aromatic heterocycles. The van der Waals surface area contributed by atoms with Crippen molar-refractivity contribution in [3.8, 4) is 17.2 Å². The van der Waals surface area contributed by atoms with Crippen molar-refractivity contribution in [3.05, 3.63) is 84.5 Å². The number of fused-ring (bicyclic) bond motifs is 1. The summed E-state index contributed by atoms with van der Waals surface area (Å²) in [5.41, 5.74) is 2.11. The van der Waals surface area contributed by atoms with E-state index in [1.165, 1.54) is 11.3 Å². The quantitative estimate of drug-likeness (QED) is 0.434. The lowest BCUT2D eigenvalue weighted by Crippen LogP contribution is -2.40. The number of aromatic nitrogens is 1. The average Bonchev–Trinajstić information content (AvgIpc) is 3.18. The summed E-state index contributed by atoms with van der Waals surface area (Å²) in [6.45, 7) is 6.02. The number of ether oxygens (including phenoxy) is 4. The van der Waals surface area contributed by atoms with Gasteiger partial charge in [-0.2, -0.15) is 0 Å². The van der Waals surface area contributed by atoms with Crippen molar-refractivity contribution in [1.29, 1.82) is 0 Å². The zero-order valence-electron chi connectivity index (χ0n) is 20.9. The van der Waals surface area contributed by atoms with E-state index in [0.29, 0.717) is 44.3 Å². The van der Waals surface area contributed by atoms with Crippen LogP contribution in [-0.2, 0) is 9.53 Å². The molecule has 188 valence electrons. The smallest absolute Gasteiger partial charge is 0.338 e. The maximum atomic E-state index is 13.7. The third-order valence-electron chi connectivity index (χ3n) is 5.73. The number of methoxy groups -OCH3 is 2. The summed E-state index contributed by atoms with van der Waals surface area (Å²) in [7, 11) is 3.17. The van der Waals surface area contributed by atoms with Gasteiger partial charge < -0.3 is 18.9 Å². The Morgan fingerprint density at radius 2 is 1.81 bits per heavy atom. The lowest BCUT2D eigenvalue weighted by molar-refractivity contribution is -0.139. The van der Waals surface area contributed by atoms with Crippen molar-refractivity contribution in [2.24, 2.45) is 4.99 Å². The first-order chi connectivity index (χ1) is 17.4. The van der Waals surface area contributed by atoms with E-state index < -0.39 is 12.0 Å². The van der Waals surface area contributed by atoms with Gasteiger partial charge in [0.25, 0.3) is 5.56 Å². The van der Waals surface area contributed by atoms with Crippen LogP contribution in [-0.4, -0.2) is 38.0 Å². The summed E-state index contributed by atoms with van der Waals surface area (Å²) in [5.74, 6) is 1.30. The summed E-state index contributed by atoms with van der Waals surface area (Å²) >= 11 is 1.27. The normalized spacial score (nSPS) is 15.2. The maximum absolute atomic E-state index is 13.7. The van der Waals surface area contributed by atoms with Gasteiger partial charge in [-0.3, -0.25) is 9.36 Å². The van der Waals surface area contributed by atoms with E-state index in [2.05, 4.69) is 4.99 Å². The minimum Gasteiger partial charge on any atom is -0.497 e. The zero-order valence-corrected chi connectivity index (χ0v) is 21.7. The second kappa shape index (κ2) is 10.8. The Labute approximate surface area is 212 Å². The molecule has 9 heteroatoms. The Morgan fingerprint density at radius 1 is 1.06 bits per heavy atom. The minimum atomic E-state index is -0.733. The molecule has 0 radical (unpaired) electrons. The molecule has 3 aromatic rings. The highest BCUT2D eigenvalue weighted by Crippen LogP contribution is 2.36. The fourth-order valence-electron chi connectivity index (χ4n) is 4.09. The zero-order chi connectivity index (χ0) is 25.8. The highest BCUT2D eigenvalue weighted by atomic mass is 32.1. The fraction of sp³-hybridized carbons (Fsp3) is 0.296. The van der Waals surface area contributed by atoms with E-state index in [-0.39, 0.29) is 12.2 Å². The highest BCUT2D eigenvalue weighted by molar-refractivity contribution is 7.07. The molecule has 0 unspecified atom stereocenters. The topological polar surface area (TPSA) is 88.4 Å². The van der Waals surface area contributed by atoms with Crippen LogP contribution < -0.4 is 29.1 Å². The number of nitrogens with zero attached hydrogens (tertiary/aromatic N) is 2. The summed E-state index contributed by atoms with van der Waals surface area (Å²) in [6.07, 6.45) is 1.81. The number of esters is 1. The van der Waals surface area contributed by atoms with Gasteiger partial charge in [-0.1, -0.05) is 29.5 Å². The lowest BCUT2D eigenvalue weighted by Gasteiger charge is -2.25. The first kappa shape index (κ1) is 25.2. The van der Waals surface area contributed by atoms with E-state index in [9.17, 15) is 9.59 Å². The van der Waals surface area contributed by atoms with Gasteiger partial charge in [-0.05, 0) is 62.2 Å². The molecular weight excluding hydrogens is 480 g/mol. The average molecular weight is 509 g/mol. The van der Waals surface area contributed by atoms with Gasteiger partial charge in [0.1, 0.15) is 5.75 Å². The number of hydrogen-bond donors (Lipinski definition) is 0. The third-order valence-corrected chi connectivity index (χ3v) is 6.72. The summed E-state index contributed by atoms with van der Waals surface area (Å²) < 4.78 is 23.8. The Hall–Kier alpha value is -3.85. The van der Waals surface area contributed by atoms with Gasteiger partial charge in [-0.15, -0.1) is 0 Å². The SMILES string of the molecule is CCOC(=O)C1=C(C)N=c2s/c(=C\c3ccc(OC)cc3)c(=O)n2[C@H]1c1ccc(OC)c(OCC)c1. The van der Waals surface area contributed by atoms with Crippen molar-refractivity contribution in [3.63, 3.8) is 0 Å². The van der Waals surface area contributed by atoms with Crippen LogP contribution in [0.3, 0.4) is 0 Å². The van der Waals surface area contributed by atoms with E-state index in [0.717, 1.165) is 11.3 Å². The molecule has 0 N–H and O–H groups in total. The molecule has 0 saturated heterocycles. The number of allylic oxidation sites excluding steroid dienone is 1. The Kier molecular flexibility index (Phi) is 7.59. The molecule has 0 amide bonds. The van der Waals surface area contributed by atoms with Crippen molar-refractivity contribution < 1.29 is 23.7 Å². The predicted octanol–water partition coefficient (Wildman–Crippen LogP) is 3.21. The van der Waals surface area contributed by atoms with Crippen LogP contribution in [0.25, 0.3) is 6.08 Å². The molecular formula is C27H28N2O6S. The Bertz CT molecular complexity index is 1480. The third kappa shape index (κ3) is 4.79. The first-order valence-corrected chi connectivity index (χ1v) is 12.4. The molecule has 4 rings (SSSR count). The molecule has 36 heavy (non-hydrogen) atoms.